The van der Waals surface area contributed by atoms with Crippen LogP contribution >= 0.6 is 11.3 Å². The van der Waals surface area contributed by atoms with E-state index in [0.29, 0.717) is 17.3 Å². The fourth-order valence-corrected chi connectivity index (χ4v) is 2.94. The number of carboxylic acids is 1. The molecule has 0 saturated carbocycles. The van der Waals surface area contributed by atoms with Gasteiger partial charge in [0.05, 0.1) is 24.3 Å². The average Bonchev–Trinajstić information content (AvgIpc) is 2.92. The van der Waals surface area contributed by atoms with Crippen LogP contribution in [0.25, 0.3) is 0 Å². The van der Waals surface area contributed by atoms with Crippen molar-refractivity contribution < 1.29 is 19.4 Å². The van der Waals surface area contributed by atoms with E-state index in [4.69, 9.17) is 9.84 Å². The second-order valence-electron chi connectivity index (χ2n) is 4.52. The van der Waals surface area contributed by atoms with E-state index in [9.17, 15) is 9.59 Å². The minimum Gasteiger partial charge on any atom is -0.477 e. The molecular weight excluding hydrogens is 268 g/mol. The zero-order chi connectivity index (χ0) is 14.0. The van der Waals surface area contributed by atoms with Crippen LogP contribution in [0, 0.1) is 12.8 Å². The molecule has 2 N–H and O–H groups in total. The molecule has 1 fully saturated rings. The Balaban J connectivity index is 1.93. The van der Waals surface area contributed by atoms with Gasteiger partial charge in [-0.25, -0.2) is 9.78 Å². The van der Waals surface area contributed by atoms with Crippen LogP contribution in [0.15, 0.2) is 0 Å². The monoisotopic (exact) mass is 284 g/mol. The molecule has 1 aromatic rings. The number of carbonyl (C=O) groups excluding carboxylic acids is 1. The summed E-state index contributed by atoms with van der Waals surface area (Å²) < 4.78 is 5.34. The van der Waals surface area contributed by atoms with E-state index in [1.54, 1.807) is 6.92 Å². The van der Waals surface area contributed by atoms with E-state index < -0.39 is 5.97 Å². The minimum atomic E-state index is -0.981. The Morgan fingerprint density at radius 3 is 2.84 bits per heavy atom. The highest BCUT2D eigenvalue weighted by Gasteiger charge is 2.30. The summed E-state index contributed by atoms with van der Waals surface area (Å²) in [6.07, 6.45) is 0.664. The van der Waals surface area contributed by atoms with Gasteiger partial charge in [0.15, 0.2) is 0 Å². The summed E-state index contributed by atoms with van der Waals surface area (Å²) in [5.41, 5.74) is 0.485. The SMILES string of the molecule is Cc1nc(CNC(=O)C2CCOC2C)sc1C(=O)O. The Hall–Kier alpha value is -1.47. The number of thiazole rings is 1. The molecule has 1 aliphatic heterocycles. The third kappa shape index (κ3) is 3.10. The number of aromatic nitrogens is 1. The number of rotatable bonds is 4. The quantitative estimate of drug-likeness (QED) is 0.867. The number of aryl methyl sites for hydroxylation is 1. The number of ether oxygens (including phenoxy) is 1. The van der Waals surface area contributed by atoms with Gasteiger partial charge in [-0.1, -0.05) is 0 Å². The topological polar surface area (TPSA) is 88.5 Å². The number of hydrogen-bond acceptors (Lipinski definition) is 5. The number of carbonyl (C=O) groups is 2. The van der Waals surface area contributed by atoms with Crippen molar-refractivity contribution in [3.63, 3.8) is 0 Å². The Bertz CT molecular complexity index is 500. The summed E-state index contributed by atoms with van der Waals surface area (Å²) in [5, 5.41) is 12.3. The summed E-state index contributed by atoms with van der Waals surface area (Å²) >= 11 is 1.10. The summed E-state index contributed by atoms with van der Waals surface area (Å²) in [6, 6.07) is 0. The number of carboxylic acid groups (broad SMARTS) is 1. The number of nitrogens with zero attached hydrogens (tertiary/aromatic N) is 1. The molecule has 1 aromatic heterocycles. The molecule has 0 aliphatic carbocycles. The van der Waals surface area contributed by atoms with Crippen LogP contribution in [-0.4, -0.2) is 34.7 Å². The van der Waals surface area contributed by atoms with E-state index in [1.165, 1.54) is 0 Å². The Morgan fingerprint density at radius 2 is 2.32 bits per heavy atom. The molecule has 6 nitrogen and oxygen atoms in total. The Morgan fingerprint density at radius 1 is 1.58 bits per heavy atom. The van der Waals surface area contributed by atoms with Gasteiger partial charge in [-0.05, 0) is 20.3 Å². The summed E-state index contributed by atoms with van der Waals surface area (Å²) in [4.78, 5) is 27.2. The van der Waals surface area contributed by atoms with Gasteiger partial charge in [-0.2, -0.15) is 0 Å². The van der Waals surface area contributed by atoms with Gasteiger partial charge in [-0.15, -0.1) is 11.3 Å². The smallest absolute Gasteiger partial charge is 0.347 e. The van der Waals surface area contributed by atoms with E-state index in [2.05, 4.69) is 10.3 Å². The molecule has 0 bridgehead atoms. The Labute approximate surface area is 114 Å². The Kier molecular flexibility index (Phi) is 4.16. The zero-order valence-electron chi connectivity index (χ0n) is 10.8. The van der Waals surface area contributed by atoms with Crippen LogP contribution in [-0.2, 0) is 16.1 Å². The summed E-state index contributed by atoms with van der Waals surface area (Å²) in [6.45, 7) is 4.41. The molecule has 1 amide bonds. The lowest BCUT2D eigenvalue weighted by atomic mass is 10.0. The van der Waals surface area contributed by atoms with Gasteiger partial charge >= 0.3 is 5.97 Å². The van der Waals surface area contributed by atoms with Crippen molar-refractivity contribution >= 4 is 23.2 Å². The molecule has 1 aliphatic rings. The fourth-order valence-electron chi connectivity index (χ4n) is 2.10. The third-order valence-corrected chi connectivity index (χ3v) is 4.31. The number of aromatic carboxylic acids is 1. The van der Waals surface area contributed by atoms with E-state index in [1.807, 2.05) is 6.92 Å². The maximum Gasteiger partial charge on any atom is 0.347 e. The van der Waals surface area contributed by atoms with Gasteiger partial charge in [0.25, 0.3) is 0 Å². The normalized spacial score (nSPS) is 22.4. The summed E-state index contributed by atoms with van der Waals surface area (Å²) in [7, 11) is 0. The van der Waals surface area contributed by atoms with Gasteiger partial charge < -0.3 is 15.2 Å². The molecule has 7 heteroatoms. The fraction of sp³-hybridized carbons (Fsp3) is 0.583. The molecule has 0 aromatic carbocycles. The van der Waals surface area contributed by atoms with Crippen molar-refractivity contribution in [3.8, 4) is 0 Å². The van der Waals surface area contributed by atoms with Gasteiger partial charge in [0, 0.05) is 6.61 Å². The maximum absolute atomic E-state index is 11.9. The second kappa shape index (κ2) is 5.66. The highest BCUT2D eigenvalue weighted by molar-refractivity contribution is 7.13. The molecule has 19 heavy (non-hydrogen) atoms. The molecule has 0 spiro atoms. The molecule has 2 rings (SSSR count). The van der Waals surface area contributed by atoms with Crippen LogP contribution in [0.1, 0.15) is 33.7 Å². The van der Waals surface area contributed by atoms with Crippen molar-refractivity contribution in [1.82, 2.24) is 10.3 Å². The average molecular weight is 284 g/mol. The zero-order valence-corrected chi connectivity index (χ0v) is 11.6. The molecule has 2 unspecified atom stereocenters. The second-order valence-corrected chi connectivity index (χ2v) is 5.60. The molecule has 1 saturated heterocycles. The van der Waals surface area contributed by atoms with Gasteiger partial charge in [0.2, 0.25) is 5.91 Å². The van der Waals surface area contributed by atoms with Crippen molar-refractivity contribution in [2.45, 2.75) is 32.9 Å². The van der Waals surface area contributed by atoms with Crippen molar-refractivity contribution in [2.24, 2.45) is 5.92 Å². The molecule has 104 valence electrons. The molecular formula is C12H16N2O4S. The highest BCUT2D eigenvalue weighted by Crippen LogP contribution is 2.21. The van der Waals surface area contributed by atoms with Crippen LogP contribution in [0.5, 0.6) is 0 Å². The highest BCUT2D eigenvalue weighted by atomic mass is 32.1. The van der Waals surface area contributed by atoms with Crippen LogP contribution in [0.2, 0.25) is 0 Å². The minimum absolute atomic E-state index is 0.0604. The number of amides is 1. The largest absolute Gasteiger partial charge is 0.477 e. The third-order valence-electron chi connectivity index (χ3n) is 3.16. The number of hydrogen-bond donors (Lipinski definition) is 2. The van der Waals surface area contributed by atoms with E-state index >= 15 is 0 Å². The van der Waals surface area contributed by atoms with Crippen LogP contribution < -0.4 is 5.32 Å². The van der Waals surface area contributed by atoms with Gasteiger partial charge in [0.1, 0.15) is 9.88 Å². The van der Waals surface area contributed by atoms with Gasteiger partial charge in [-0.3, -0.25) is 4.79 Å². The van der Waals surface area contributed by atoms with Crippen molar-refractivity contribution in [3.05, 3.63) is 15.6 Å². The molecule has 2 atom stereocenters. The first kappa shape index (κ1) is 14.0. The van der Waals surface area contributed by atoms with Crippen molar-refractivity contribution in [1.29, 1.82) is 0 Å². The summed E-state index contributed by atoms with van der Waals surface area (Å²) in [5.74, 6) is -1.17. The maximum atomic E-state index is 11.9. The first-order valence-electron chi connectivity index (χ1n) is 6.08. The van der Waals surface area contributed by atoms with Crippen LogP contribution in [0.3, 0.4) is 0 Å². The van der Waals surface area contributed by atoms with E-state index in [-0.39, 0.29) is 29.4 Å². The van der Waals surface area contributed by atoms with Crippen LogP contribution in [0.4, 0.5) is 0 Å². The molecule has 2 heterocycles. The first-order chi connectivity index (χ1) is 8.99. The lowest BCUT2D eigenvalue weighted by Gasteiger charge is -2.13. The lowest BCUT2D eigenvalue weighted by Crippen LogP contribution is -2.33. The number of nitrogens with one attached hydrogen (secondary N) is 1. The first-order valence-corrected chi connectivity index (χ1v) is 6.89. The van der Waals surface area contributed by atoms with E-state index in [0.717, 1.165) is 17.8 Å². The molecule has 0 radical (unpaired) electrons. The predicted octanol–water partition coefficient (Wildman–Crippen LogP) is 1.19. The standard InChI is InChI=1S/C12H16N2O4S/c1-6-10(12(16)17)19-9(14-6)5-13-11(15)8-3-4-18-7(8)2/h7-8H,3-5H2,1-2H3,(H,13,15)(H,16,17). The lowest BCUT2D eigenvalue weighted by molar-refractivity contribution is -0.126. The van der Waals surface area contributed by atoms with Crippen molar-refractivity contribution in [2.75, 3.05) is 6.61 Å². The predicted molar refractivity (Wildman–Crippen MR) is 69.2 cm³/mol.